The summed E-state index contributed by atoms with van der Waals surface area (Å²) in [6.45, 7) is 5.06. The molecular weight excluding hydrogens is 318 g/mol. The van der Waals surface area contributed by atoms with Crippen LogP contribution in [0, 0.1) is 0 Å². The van der Waals surface area contributed by atoms with Crippen molar-refractivity contribution in [2.45, 2.75) is 32.4 Å². The molecule has 0 heterocycles. The summed E-state index contributed by atoms with van der Waals surface area (Å²) in [4.78, 5) is 34.9. The minimum absolute atomic E-state index is 0. The summed E-state index contributed by atoms with van der Waals surface area (Å²) in [6.07, 6.45) is 0. The number of hydrogen-bond acceptors (Lipinski definition) is 7. The lowest BCUT2D eigenvalue weighted by atomic mass is 9.95. The number of carboxylic acids is 1. The number of benzene rings is 1. The lowest BCUT2D eigenvalue weighted by Crippen LogP contribution is -2.51. The molecule has 1 unspecified atom stereocenters. The van der Waals surface area contributed by atoms with Gasteiger partial charge in [0, 0.05) is 5.56 Å². The number of carbonyl (C=O) groups is 2. The molecular formula is C15H21N3O6. The van der Waals surface area contributed by atoms with Crippen molar-refractivity contribution in [1.82, 2.24) is 5.12 Å². The quantitative estimate of drug-likeness (QED) is 0.280. The predicted molar refractivity (Wildman–Crippen MR) is 86.0 cm³/mol. The molecule has 1 aromatic rings. The van der Waals surface area contributed by atoms with Crippen LogP contribution in [0.3, 0.4) is 0 Å². The Morgan fingerprint density at radius 1 is 1.21 bits per heavy atom. The second-order valence-electron chi connectivity index (χ2n) is 5.75. The zero-order chi connectivity index (χ0) is 17.8. The smallest absolute Gasteiger partial charge is 0.339 e. The first kappa shape index (κ1) is 21.4. The average Bonchev–Trinajstić information content (AvgIpc) is 2.41. The van der Waals surface area contributed by atoms with Gasteiger partial charge >= 0.3 is 11.9 Å². The van der Waals surface area contributed by atoms with Crippen molar-refractivity contribution in [3.05, 3.63) is 35.4 Å². The number of hydrogen-bond donors (Lipinski definition) is 3. The Labute approximate surface area is 138 Å². The Kier molecular flexibility index (Phi) is 7.46. The topological polar surface area (TPSA) is 167 Å². The predicted octanol–water partition coefficient (Wildman–Crippen LogP) is -0.465. The number of rotatable bonds is 5. The minimum Gasteiger partial charge on any atom is -0.480 e. The number of aliphatic carboxylic acids is 1. The molecule has 24 heavy (non-hydrogen) atoms. The Morgan fingerprint density at radius 3 is 2.08 bits per heavy atom. The third kappa shape index (κ3) is 5.27. The van der Waals surface area contributed by atoms with Crippen molar-refractivity contribution in [1.29, 1.82) is 0 Å². The fraction of sp³-hybridized carbons (Fsp3) is 0.333. The summed E-state index contributed by atoms with van der Waals surface area (Å²) in [5.74, 6) is 9.95. The normalized spacial score (nSPS) is 11.9. The second-order valence-corrected chi connectivity index (χ2v) is 5.75. The first-order valence-electron chi connectivity index (χ1n) is 6.67. The van der Waals surface area contributed by atoms with Crippen LogP contribution in [0.5, 0.6) is 0 Å². The minimum atomic E-state index is -1.66. The lowest BCUT2D eigenvalue weighted by molar-refractivity contribution is -0.141. The molecule has 0 radical (unpaired) electrons. The molecule has 0 fully saturated rings. The summed E-state index contributed by atoms with van der Waals surface area (Å²) in [7, 11) is 0. The van der Waals surface area contributed by atoms with Crippen molar-refractivity contribution in [3.8, 4) is 0 Å². The van der Waals surface area contributed by atoms with E-state index < -0.39 is 23.6 Å². The summed E-state index contributed by atoms with van der Waals surface area (Å²) < 4.78 is 5.25. The fourth-order valence-corrected chi connectivity index (χ4v) is 1.89. The highest BCUT2D eigenvalue weighted by Gasteiger charge is 2.31. The van der Waals surface area contributed by atoms with Crippen molar-refractivity contribution < 1.29 is 29.7 Å². The number of ether oxygens (including phenoxy) is 1. The van der Waals surface area contributed by atoms with Crippen LogP contribution in [0.15, 0.2) is 24.3 Å². The van der Waals surface area contributed by atoms with Gasteiger partial charge in [-0.3, -0.25) is 16.5 Å². The molecule has 0 saturated carbocycles. The molecule has 0 bridgehead atoms. The highest BCUT2D eigenvalue weighted by molar-refractivity contribution is 6.06. The zero-order valence-electron chi connectivity index (χ0n) is 13.6. The van der Waals surface area contributed by atoms with Crippen LogP contribution in [-0.2, 0) is 14.3 Å². The van der Waals surface area contributed by atoms with Gasteiger partial charge in [0.25, 0.3) is 0 Å². The Morgan fingerprint density at radius 2 is 1.71 bits per heavy atom. The monoisotopic (exact) mass is 339 g/mol. The zero-order valence-corrected chi connectivity index (χ0v) is 13.6. The highest BCUT2D eigenvalue weighted by Crippen LogP contribution is 2.24. The summed E-state index contributed by atoms with van der Waals surface area (Å²) in [5.41, 5.74) is -1.06. The first-order chi connectivity index (χ1) is 10.6. The second kappa shape index (κ2) is 8.34. The van der Waals surface area contributed by atoms with Crippen LogP contribution in [-0.4, -0.2) is 45.2 Å². The lowest BCUT2D eigenvalue weighted by Gasteiger charge is -2.23. The van der Waals surface area contributed by atoms with Gasteiger partial charge in [0.15, 0.2) is 6.04 Å². The van der Waals surface area contributed by atoms with E-state index in [1.807, 2.05) is 0 Å². The van der Waals surface area contributed by atoms with E-state index in [1.165, 1.54) is 24.1 Å². The molecule has 0 aliphatic heterocycles. The van der Waals surface area contributed by atoms with Crippen LogP contribution in [0.2, 0.25) is 0 Å². The molecule has 7 N–H and O–H groups in total. The molecule has 1 rings (SSSR count). The summed E-state index contributed by atoms with van der Waals surface area (Å²) >= 11 is 0. The van der Waals surface area contributed by atoms with Gasteiger partial charge in [0.05, 0.1) is 11.1 Å². The standard InChI is InChI=1S/C15H19N3O5.H2O/c1-15(2,3)23-14(22)10-7-5-4-6-9(10)11(8-19)12(13(20)21)18(16)17;/h4-7,12H,16-17H2,1-3H3,(H,20,21);1H2. The van der Waals surface area contributed by atoms with Gasteiger partial charge in [-0.1, -0.05) is 18.2 Å². The van der Waals surface area contributed by atoms with E-state index in [1.54, 1.807) is 26.8 Å². The van der Waals surface area contributed by atoms with Crippen molar-refractivity contribution in [2.24, 2.45) is 11.7 Å². The molecule has 0 aliphatic rings. The highest BCUT2D eigenvalue weighted by atomic mass is 16.6. The van der Waals surface area contributed by atoms with Crippen LogP contribution >= 0.6 is 0 Å². The Hall–Kier alpha value is -2.55. The third-order valence-electron chi connectivity index (χ3n) is 2.75. The SMILES string of the molecule is CC(C)(C)OC(=O)c1ccccc1C(=C=O)C(C(=O)O)N(N)N.O. The molecule has 132 valence electrons. The Bertz CT molecular complexity index is 659. The van der Waals surface area contributed by atoms with Gasteiger partial charge in [-0.2, -0.15) is 5.12 Å². The summed E-state index contributed by atoms with van der Waals surface area (Å²) in [5, 5.41) is 9.57. The van der Waals surface area contributed by atoms with Crippen molar-refractivity contribution >= 4 is 23.5 Å². The summed E-state index contributed by atoms with van der Waals surface area (Å²) in [6, 6.07) is 4.26. The van der Waals surface area contributed by atoms with Crippen molar-refractivity contribution in [2.75, 3.05) is 0 Å². The van der Waals surface area contributed by atoms with Gasteiger partial charge in [-0.15, -0.1) is 0 Å². The number of carboxylic acid groups (broad SMARTS) is 1. The van der Waals surface area contributed by atoms with E-state index in [2.05, 4.69) is 0 Å². The van der Waals surface area contributed by atoms with E-state index in [-0.39, 0.29) is 22.2 Å². The number of carbonyl (C=O) groups excluding carboxylic acids is 2. The largest absolute Gasteiger partial charge is 0.480 e. The van der Waals surface area contributed by atoms with Crippen LogP contribution in [0.1, 0.15) is 36.7 Å². The molecule has 1 atom stereocenters. The molecule has 1 aromatic carbocycles. The Balaban J connectivity index is 0.00000529. The molecule has 0 spiro atoms. The van der Waals surface area contributed by atoms with Crippen molar-refractivity contribution in [3.63, 3.8) is 0 Å². The van der Waals surface area contributed by atoms with Crippen LogP contribution < -0.4 is 11.7 Å². The van der Waals surface area contributed by atoms with Crippen LogP contribution in [0.25, 0.3) is 5.57 Å². The van der Waals surface area contributed by atoms with E-state index >= 15 is 0 Å². The van der Waals surface area contributed by atoms with E-state index in [0.29, 0.717) is 5.12 Å². The van der Waals surface area contributed by atoms with Gasteiger partial charge in [-0.05, 0) is 26.8 Å². The van der Waals surface area contributed by atoms with E-state index in [9.17, 15) is 19.5 Å². The third-order valence-corrected chi connectivity index (χ3v) is 2.75. The molecule has 0 aliphatic carbocycles. The van der Waals surface area contributed by atoms with E-state index in [0.717, 1.165) is 0 Å². The molecule has 0 amide bonds. The van der Waals surface area contributed by atoms with E-state index in [4.69, 9.17) is 16.4 Å². The van der Waals surface area contributed by atoms with Crippen LogP contribution in [0.4, 0.5) is 0 Å². The number of nitrogens with zero attached hydrogens (tertiary/aromatic N) is 1. The number of hydrazine groups is 2. The molecule has 9 heteroatoms. The van der Waals surface area contributed by atoms with Gasteiger partial charge in [-0.25, -0.2) is 9.59 Å². The van der Waals surface area contributed by atoms with Gasteiger partial charge in [0.1, 0.15) is 11.5 Å². The maximum Gasteiger partial charge on any atom is 0.339 e. The molecule has 9 nitrogen and oxygen atoms in total. The average molecular weight is 339 g/mol. The maximum absolute atomic E-state index is 12.3. The van der Waals surface area contributed by atoms with Gasteiger partial charge < -0.3 is 15.3 Å². The first-order valence-corrected chi connectivity index (χ1v) is 6.67. The van der Waals surface area contributed by atoms with Gasteiger partial charge in [0.2, 0.25) is 0 Å². The number of esters is 1. The molecule has 0 saturated heterocycles. The number of nitrogens with two attached hydrogens (primary N) is 2. The maximum atomic E-state index is 12.3. The molecule has 0 aromatic heterocycles. The fourth-order valence-electron chi connectivity index (χ4n) is 1.89.